The van der Waals surface area contributed by atoms with Crippen molar-refractivity contribution in [3.63, 3.8) is 0 Å². The number of hydrogen-bond donors (Lipinski definition) is 3. The Balaban J connectivity index is 0.00000256. The summed E-state index contributed by atoms with van der Waals surface area (Å²) in [7, 11) is 0. The number of nitrogens with zero attached hydrogens (tertiary/aromatic N) is 2. The zero-order valence-electron chi connectivity index (χ0n) is 9.33. The molecular weight excluding hydrogens is 244 g/mol. The van der Waals surface area contributed by atoms with Crippen molar-refractivity contribution >= 4 is 24.6 Å². The molecule has 0 heterocycles. The smallest absolute Gasteiger partial charge is 0.211 e. The molecule has 17 heavy (non-hydrogen) atoms. The van der Waals surface area contributed by atoms with E-state index in [0.717, 1.165) is 0 Å². The van der Waals surface area contributed by atoms with Crippen LogP contribution in [-0.2, 0) is 0 Å². The molecule has 0 atom stereocenters. The van der Waals surface area contributed by atoms with Crippen LogP contribution in [0.3, 0.4) is 0 Å². The summed E-state index contributed by atoms with van der Waals surface area (Å²) in [6.45, 7) is 2.31. The second kappa shape index (κ2) is 7.34. The molecule has 1 aromatic carbocycles. The van der Waals surface area contributed by atoms with Crippen molar-refractivity contribution in [3.05, 3.63) is 23.8 Å². The quantitative estimate of drug-likeness (QED) is 0.422. The predicted molar refractivity (Wildman–Crippen MR) is 69.9 cm³/mol. The Morgan fingerprint density at radius 3 is 2.76 bits per heavy atom. The molecule has 0 bridgehead atoms. The molecule has 0 aliphatic carbocycles. The fraction of sp³-hybridized carbons (Fsp3) is 0.200. The van der Waals surface area contributed by atoms with E-state index in [-0.39, 0.29) is 24.1 Å². The van der Waals surface area contributed by atoms with Gasteiger partial charge in [0, 0.05) is 5.56 Å². The first-order valence-electron chi connectivity index (χ1n) is 4.72. The summed E-state index contributed by atoms with van der Waals surface area (Å²) >= 11 is 0. The van der Waals surface area contributed by atoms with Gasteiger partial charge >= 0.3 is 0 Å². The maximum absolute atomic E-state index is 9.76. The number of aromatic hydroxyl groups is 1. The summed E-state index contributed by atoms with van der Waals surface area (Å²) in [5.41, 5.74) is 10.7. The number of para-hydroxylation sites is 1. The van der Waals surface area contributed by atoms with Crippen LogP contribution in [0.4, 0.5) is 0 Å². The highest BCUT2D eigenvalue weighted by molar-refractivity contribution is 5.86. The molecule has 0 aromatic heterocycles. The Morgan fingerprint density at radius 2 is 2.18 bits per heavy atom. The van der Waals surface area contributed by atoms with Gasteiger partial charge in [0.15, 0.2) is 11.5 Å². The molecule has 0 radical (unpaired) electrons. The maximum Gasteiger partial charge on any atom is 0.211 e. The highest BCUT2D eigenvalue weighted by atomic mass is 35.5. The molecule has 0 aliphatic heterocycles. The van der Waals surface area contributed by atoms with Gasteiger partial charge < -0.3 is 21.3 Å². The van der Waals surface area contributed by atoms with Crippen molar-refractivity contribution in [1.29, 1.82) is 0 Å². The normalized spacial score (nSPS) is 9.71. The SMILES string of the molecule is CCOc1cccc(/C=N/N=C(N)N)c1O.Cl. The van der Waals surface area contributed by atoms with Crippen molar-refractivity contribution < 1.29 is 9.84 Å². The van der Waals surface area contributed by atoms with E-state index in [1.54, 1.807) is 18.2 Å². The van der Waals surface area contributed by atoms with Crippen LogP contribution in [0.15, 0.2) is 28.4 Å². The first-order valence-corrected chi connectivity index (χ1v) is 4.72. The van der Waals surface area contributed by atoms with Crippen molar-refractivity contribution in [1.82, 2.24) is 0 Å². The number of benzene rings is 1. The molecule has 5 N–H and O–H groups in total. The number of phenols is 1. The highest BCUT2D eigenvalue weighted by Gasteiger charge is 2.05. The second-order valence-corrected chi connectivity index (χ2v) is 2.90. The summed E-state index contributed by atoms with van der Waals surface area (Å²) in [4.78, 5) is 0. The van der Waals surface area contributed by atoms with Crippen molar-refractivity contribution in [2.45, 2.75) is 6.92 Å². The maximum atomic E-state index is 9.76. The van der Waals surface area contributed by atoms with Crippen molar-refractivity contribution in [3.8, 4) is 11.5 Å². The number of rotatable bonds is 4. The number of halogens is 1. The third-order valence-electron chi connectivity index (χ3n) is 1.70. The van der Waals surface area contributed by atoms with Gasteiger partial charge in [-0.1, -0.05) is 6.07 Å². The summed E-state index contributed by atoms with van der Waals surface area (Å²) in [6.07, 6.45) is 1.34. The summed E-state index contributed by atoms with van der Waals surface area (Å²) < 4.78 is 5.21. The van der Waals surface area contributed by atoms with Crippen LogP contribution in [0.1, 0.15) is 12.5 Å². The average Bonchev–Trinajstić information content (AvgIpc) is 2.23. The van der Waals surface area contributed by atoms with Gasteiger partial charge in [-0.15, -0.1) is 17.5 Å². The number of guanidine groups is 1. The fourth-order valence-corrected chi connectivity index (χ4v) is 1.07. The number of ether oxygens (including phenoxy) is 1. The summed E-state index contributed by atoms with van der Waals surface area (Å²) in [6, 6.07) is 5.07. The highest BCUT2D eigenvalue weighted by Crippen LogP contribution is 2.28. The van der Waals surface area contributed by atoms with Gasteiger partial charge in [-0.25, -0.2) is 0 Å². The van der Waals surface area contributed by atoms with Crippen LogP contribution < -0.4 is 16.2 Å². The lowest BCUT2D eigenvalue weighted by Gasteiger charge is -2.06. The number of hydrogen-bond acceptors (Lipinski definition) is 4. The molecule has 0 fully saturated rings. The van der Waals surface area contributed by atoms with E-state index in [4.69, 9.17) is 16.2 Å². The number of phenolic OH excluding ortho intramolecular Hbond substituents is 1. The molecule has 0 aliphatic rings. The van der Waals surface area contributed by atoms with Gasteiger partial charge in [0.25, 0.3) is 0 Å². The van der Waals surface area contributed by atoms with Gasteiger partial charge in [0.05, 0.1) is 12.8 Å². The molecule has 0 unspecified atom stereocenters. The van der Waals surface area contributed by atoms with E-state index in [2.05, 4.69) is 10.2 Å². The lowest BCUT2D eigenvalue weighted by molar-refractivity contribution is 0.318. The molecule has 1 rings (SSSR count). The summed E-state index contributed by atoms with van der Waals surface area (Å²) in [5.74, 6) is 0.270. The van der Waals surface area contributed by atoms with Gasteiger partial charge in [-0.05, 0) is 19.1 Å². The van der Waals surface area contributed by atoms with E-state index in [9.17, 15) is 5.11 Å². The van der Waals surface area contributed by atoms with E-state index in [1.807, 2.05) is 6.92 Å². The monoisotopic (exact) mass is 258 g/mol. The number of nitrogens with two attached hydrogens (primary N) is 2. The summed E-state index contributed by atoms with van der Waals surface area (Å²) in [5, 5.41) is 16.8. The van der Waals surface area contributed by atoms with Crippen LogP contribution in [-0.4, -0.2) is 23.9 Å². The molecule has 1 aromatic rings. The topological polar surface area (TPSA) is 106 Å². The van der Waals surface area contributed by atoms with Gasteiger partial charge in [-0.3, -0.25) is 0 Å². The zero-order valence-corrected chi connectivity index (χ0v) is 10.1. The molecular formula is C10H15ClN4O2. The first kappa shape index (κ1) is 15.0. The lowest BCUT2D eigenvalue weighted by Crippen LogP contribution is -2.21. The van der Waals surface area contributed by atoms with Crippen LogP contribution >= 0.6 is 12.4 Å². The fourth-order valence-electron chi connectivity index (χ4n) is 1.07. The Labute approximate surface area is 105 Å². The van der Waals surface area contributed by atoms with E-state index in [0.29, 0.717) is 17.9 Å². The molecule has 0 saturated carbocycles. The Morgan fingerprint density at radius 1 is 1.47 bits per heavy atom. The van der Waals surface area contributed by atoms with Crippen molar-refractivity contribution in [2.75, 3.05) is 6.61 Å². The van der Waals surface area contributed by atoms with Crippen LogP contribution in [0.25, 0.3) is 0 Å². The standard InChI is InChI=1S/C10H14N4O2.ClH/c1-2-16-8-5-3-4-7(9(8)15)6-13-14-10(11)12;/h3-6,15H,2H2,1H3,(H4,11,12,14);1H/b13-6+;. The van der Waals surface area contributed by atoms with Crippen molar-refractivity contribution in [2.24, 2.45) is 21.7 Å². The minimum absolute atomic E-state index is 0. The van der Waals surface area contributed by atoms with Gasteiger partial charge in [0.2, 0.25) is 5.96 Å². The molecule has 0 spiro atoms. The molecule has 7 heteroatoms. The Hall–Kier alpha value is -1.95. The molecule has 94 valence electrons. The second-order valence-electron chi connectivity index (χ2n) is 2.90. The third kappa shape index (κ3) is 4.60. The first-order chi connectivity index (χ1) is 7.65. The average molecular weight is 259 g/mol. The minimum atomic E-state index is -0.142. The third-order valence-corrected chi connectivity index (χ3v) is 1.70. The van der Waals surface area contributed by atoms with Gasteiger partial charge in [-0.2, -0.15) is 5.10 Å². The minimum Gasteiger partial charge on any atom is -0.504 e. The van der Waals surface area contributed by atoms with E-state index >= 15 is 0 Å². The Bertz CT molecular complexity index is 417. The molecule has 0 saturated heterocycles. The van der Waals surface area contributed by atoms with E-state index in [1.165, 1.54) is 6.21 Å². The van der Waals surface area contributed by atoms with E-state index < -0.39 is 0 Å². The Kier molecular flexibility index (Phi) is 6.50. The lowest BCUT2D eigenvalue weighted by atomic mass is 10.2. The van der Waals surface area contributed by atoms with Crippen LogP contribution in [0, 0.1) is 0 Å². The zero-order chi connectivity index (χ0) is 12.0. The largest absolute Gasteiger partial charge is 0.504 e. The molecule has 6 nitrogen and oxygen atoms in total. The van der Waals surface area contributed by atoms with Gasteiger partial charge in [0.1, 0.15) is 0 Å². The molecule has 0 amide bonds. The van der Waals surface area contributed by atoms with Crippen LogP contribution in [0.5, 0.6) is 11.5 Å². The predicted octanol–water partition coefficient (Wildman–Crippen LogP) is 0.820. The van der Waals surface area contributed by atoms with Crippen LogP contribution in [0.2, 0.25) is 0 Å².